The van der Waals surface area contributed by atoms with E-state index in [4.69, 9.17) is 22.0 Å². The molecule has 5 heteroatoms. The molecule has 2 rings (SSSR count). The maximum atomic E-state index is 10.9. The number of aromatic nitrogens is 1. The van der Waals surface area contributed by atoms with Crippen molar-refractivity contribution in [1.82, 2.24) is 4.57 Å². The second-order valence-corrected chi connectivity index (χ2v) is 3.74. The van der Waals surface area contributed by atoms with Gasteiger partial charge in [-0.1, -0.05) is 11.6 Å². The minimum absolute atomic E-state index is 0.145. The molecule has 80 valence electrons. The second kappa shape index (κ2) is 3.54. The topological polar surface area (TPSA) is 66.0 Å². The molecule has 16 heavy (non-hydrogen) atoms. The summed E-state index contributed by atoms with van der Waals surface area (Å²) in [6, 6.07) is 6.70. The van der Waals surface area contributed by atoms with Crippen molar-refractivity contribution in [2.75, 3.05) is 0 Å². The van der Waals surface area contributed by atoms with Crippen LogP contribution in [0.15, 0.2) is 18.2 Å². The lowest BCUT2D eigenvalue weighted by Crippen LogP contribution is -2.03. The SMILES string of the molecule is Cn1c(C(=O)O)cc2c(Cl)c(C#N)ccc21. The van der Waals surface area contributed by atoms with E-state index in [1.54, 1.807) is 19.2 Å². The first-order chi connectivity index (χ1) is 7.56. The number of nitriles is 1. The van der Waals surface area contributed by atoms with Crippen molar-refractivity contribution in [3.05, 3.63) is 34.5 Å². The molecule has 0 aliphatic heterocycles. The highest BCUT2D eigenvalue weighted by Gasteiger charge is 2.15. The quantitative estimate of drug-likeness (QED) is 0.824. The molecule has 1 aromatic heterocycles. The fraction of sp³-hybridized carbons (Fsp3) is 0.0909. The molecule has 0 fully saturated rings. The van der Waals surface area contributed by atoms with Gasteiger partial charge in [-0.05, 0) is 18.2 Å². The van der Waals surface area contributed by atoms with Gasteiger partial charge in [-0.15, -0.1) is 0 Å². The van der Waals surface area contributed by atoms with Crippen molar-refractivity contribution in [3.63, 3.8) is 0 Å². The lowest BCUT2D eigenvalue weighted by atomic mass is 10.2. The summed E-state index contributed by atoms with van der Waals surface area (Å²) in [5.74, 6) is -1.02. The Labute approximate surface area is 96.3 Å². The standard InChI is InChI=1S/C11H7ClN2O2/c1-14-8-3-2-6(5-13)10(12)7(8)4-9(14)11(15)16/h2-4H,1H3,(H,15,16). The van der Waals surface area contributed by atoms with Crippen molar-refractivity contribution in [1.29, 1.82) is 5.26 Å². The third-order valence-electron chi connectivity index (χ3n) is 2.50. The van der Waals surface area contributed by atoms with Gasteiger partial charge in [0.1, 0.15) is 11.8 Å². The highest BCUT2D eigenvalue weighted by atomic mass is 35.5. The summed E-state index contributed by atoms with van der Waals surface area (Å²) in [6.45, 7) is 0. The average Bonchev–Trinajstić information content (AvgIpc) is 2.58. The molecule has 0 unspecified atom stereocenters. The van der Waals surface area contributed by atoms with Gasteiger partial charge in [0.25, 0.3) is 0 Å². The number of rotatable bonds is 1. The molecule has 1 aromatic carbocycles. The number of halogens is 1. The number of aryl methyl sites for hydroxylation is 1. The summed E-state index contributed by atoms with van der Waals surface area (Å²) < 4.78 is 1.53. The number of hydrogen-bond acceptors (Lipinski definition) is 2. The second-order valence-electron chi connectivity index (χ2n) is 3.37. The van der Waals surface area contributed by atoms with Crippen LogP contribution in [0, 0.1) is 11.3 Å². The molecule has 0 atom stereocenters. The van der Waals surface area contributed by atoms with Crippen LogP contribution in [0.1, 0.15) is 16.1 Å². The van der Waals surface area contributed by atoms with Crippen LogP contribution in [0.5, 0.6) is 0 Å². The highest BCUT2D eigenvalue weighted by molar-refractivity contribution is 6.36. The minimum atomic E-state index is -1.02. The lowest BCUT2D eigenvalue weighted by molar-refractivity contribution is 0.0687. The zero-order valence-electron chi connectivity index (χ0n) is 8.36. The van der Waals surface area contributed by atoms with Gasteiger partial charge in [-0.25, -0.2) is 4.79 Å². The van der Waals surface area contributed by atoms with Crippen LogP contribution >= 0.6 is 11.6 Å². The number of nitrogens with zero attached hydrogens (tertiary/aromatic N) is 2. The molecule has 0 bridgehead atoms. The van der Waals surface area contributed by atoms with Gasteiger partial charge >= 0.3 is 5.97 Å². The molecule has 2 aromatic rings. The Morgan fingerprint density at radius 2 is 2.25 bits per heavy atom. The zero-order chi connectivity index (χ0) is 11.9. The average molecular weight is 235 g/mol. The first-order valence-electron chi connectivity index (χ1n) is 4.47. The van der Waals surface area contributed by atoms with E-state index in [0.29, 0.717) is 21.5 Å². The number of fused-ring (bicyclic) bond motifs is 1. The van der Waals surface area contributed by atoms with Crippen LogP contribution in [0.25, 0.3) is 10.9 Å². The van der Waals surface area contributed by atoms with Gasteiger partial charge < -0.3 is 9.67 Å². The maximum Gasteiger partial charge on any atom is 0.352 e. The van der Waals surface area contributed by atoms with Crippen molar-refractivity contribution >= 4 is 28.5 Å². The van der Waals surface area contributed by atoms with E-state index < -0.39 is 5.97 Å². The Kier molecular flexibility index (Phi) is 2.33. The van der Waals surface area contributed by atoms with Gasteiger partial charge in [0, 0.05) is 18.0 Å². The highest BCUT2D eigenvalue weighted by Crippen LogP contribution is 2.29. The lowest BCUT2D eigenvalue weighted by Gasteiger charge is -2.00. The van der Waals surface area contributed by atoms with Crippen LogP contribution in [0.2, 0.25) is 5.02 Å². The summed E-state index contributed by atoms with van der Waals surface area (Å²) in [5.41, 5.74) is 1.19. The first kappa shape index (κ1) is 10.5. The Hall–Kier alpha value is -1.99. The van der Waals surface area contributed by atoms with E-state index in [1.165, 1.54) is 10.6 Å². The van der Waals surface area contributed by atoms with E-state index in [-0.39, 0.29) is 5.69 Å². The Balaban J connectivity index is 2.88. The van der Waals surface area contributed by atoms with Crippen molar-refractivity contribution in [2.45, 2.75) is 0 Å². The normalized spacial score (nSPS) is 10.3. The van der Waals surface area contributed by atoms with Crippen molar-refractivity contribution in [3.8, 4) is 6.07 Å². The molecule has 0 saturated heterocycles. The van der Waals surface area contributed by atoms with Gasteiger partial charge in [0.2, 0.25) is 0 Å². The van der Waals surface area contributed by atoms with E-state index in [9.17, 15) is 4.79 Å². The van der Waals surface area contributed by atoms with Gasteiger partial charge in [-0.2, -0.15) is 5.26 Å². The summed E-state index contributed by atoms with van der Waals surface area (Å²) in [6.07, 6.45) is 0. The molecule has 0 aliphatic rings. The number of carboxylic acids is 1. The maximum absolute atomic E-state index is 10.9. The van der Waals surface area contributed by atoms with Gasteiger partial charge in [0.15, 0.2) is 0 Å². The van der Waals surface area contributed by atoms with Crippen LogP contribution in [-0.2, 0) is 7.05 Å². The van der Waals surface area contributed by atoms with Crippen molar-refractivity contribution in [2.24, 2.45) is 7.05 Å². The molecule has 0 radical (unpaired) electrons. The third kappa shape index (κ3) is 1.34. The number of benzene rings is 1. The smallest absolute Gasteiger partial charge is 0.352 e. The van der Waals surface area contributed by atoms with Crippen LogP contribution in [0.3, 0.4) is 0 Å². The van der Waals surface area contributed by atoms with Crippen LogP contribution in [0.4, 0.5) is 0 Å². The molecular formula is C11H7ClN2O2. The van der Waals surface area contributed by atoms with E-state index >= 15 is 0 Å². The molecule has 4 nitrogen and oxygen atoms in total. The van der Waals surface area contributed by atoms with Crippen LogP contribution < -0.4 is 0 Å². The Morgan fingerprint density at radius 1 is 1.56 bits per heavy atom. The molecule has 1 heterocycles. The van der Waals surface area contributed by atoms with E-state index in [2.05, 4.69) is 0 Å². The van der Waals surface area contributed by atoms with Gasteiger partial charge in [0.05, 0.1) is 10.6 Å². The van der Waals surface area contributed by atoms with E-state index in [1.807, 2.05) is 6.07 Å². The fourth-order valence-corrected chi connectivity index (χ4v) is 1.92. The zero-order valence-corrected chi connectivity index (χ0v) is 9.12. The monoisotopic (exact) mass is 234 g/mol. The van der Waals surface area contributed by atoms with Crippen molar-refractivity contribution < 1.29 is 9.90 Å². The number of hydrogen-bond donors (Lipinski definition) is 1. The Bertz CT molecular complexity index is 637. The Morgan fingerprint density at radius 3 is 2.81 bits per heavy atom. The summed E-state index contributed by atoms with van der Waals surface area (Å²) in [7, 11) is 1.65. The summed E-state index contributed by atoms with van der Waals surface area (Å²) in [5, 5.41) is 18.6. The molecule has 0 spiro atoms. The number of carboxylic acid groups (broad SMARTS) is 1. The molecule has 0 saturated carbocycles. The predicted molar refractivity (Wildman–Crippen MR) is 59.6 cm³/mol. The molecule has 0 aliphatic carbocycles. The summed E-state index contributed by atoms with van der Waals surface area (Å²) >= 11 is 6.00. The van der Waals surface area contributed by atoms with E-state index in [0.717, 1.165) is 0 Å². The van der Waals surface area contributed by atoms with Crippen LogP contribution in [-0.4, -0.2) is 15.6 Å². The number of carbonyl (C=O) groups is 1. The minimum Gasteiger partial charge on any atom is -0.477 e. The number of aromatic carboxylic acids is 1. The third-order valence-corrected chi connectivity index (χ3v) is 2.91. The fourth-order valence-electron chi connectivity index (χ4n) is 1.67. The predicted octanol–water partition coefficient (Wildman–Crippen LogP) is 2.40. The largest absolute Gasteiger partial charge is 0.477 e. The molecular weight excluding hydrogens is 228 g/mol. The van der Waals surface area contributed by atoms with Gasteiger partial charge in [-0.3, -0.25) is 0 Å². The first-order valence-corrected chi connectivity index (χ1v) is 4.85. The molecule has 1 N–H and O–H groups in total. The summed E-state index contributed by atoms with van der Waals surface area (Å²) in [4.78, 5) is 10.9. The molecule has 0 amide bonds.